The van der Waals surface area contributed by atoms with Gasteiger partial charge in [-0.1, -0.05) is 54.6 Å². The van der Waals surface area contributed by atoms with Crippen molar-refractivity contribution in [2.24, 2.45) is 5.92 Å². The summed E-state index contributed by atoms with van der Waals surface area (Å²) in [5.74, 6) is 0.324. The maximum absolute atomic E-state index is 13.1. The predicted molar refractivity (Wildman–Crippen MR) is 164 cm³/mol. The maximum atomic E-state index is 13.1. The second-order valence-electron chi connectivity index (χ2n) is 13.0. The lowest BCUT2D eigenvalue weighted by Gasteiger charge is -2.34. The van der Waals surface area contributed by atoms with Crippen LogP contribution in [0.1, 0.15) is 78.6 Å². The number of hydrogen-bond acceptors (Lipinski definition) is 3. The molecule has 0 radical (unpaired) electrons. The second kappa shape index (κ2) is 11.3. The SMILES string of the molecule is CC(C)(C)NC(=O)N1CCc2c(-c3cccc(C(=O)NC4CC4)c3)ccc(CNC(=O)[C@@H]3C[C@H]3c3ccccc3)c2C1. The van der Waals surface area contributed by atoms with Crippen LogP contribution in [0.3, 0.4) is 0 Å². The smallest absolute Gasteiger partial charge is 0.318 e. The first-order valence-electron chi connectivity index (χ1n) is 15.1. The average molecular weight is 565 g/mol. The van der Waals surface area contributed by atoms with E-state index >= 15 is 0 Å². The Morgan fingerprint density at radius 1 is 0.929 bits per heavy atom. The predicted octanol–water partition coefficient (Wildman–Crippen LogP) is 5.53. The standard InChI is InChI=1S/C35H40N4O3/c1-35(2,3)38-34(42)39-17-16-28-27(23-10-7-11-24(18-23)32(40)37-26-13-14-26)15-12-25(31(28)21-39)20-36-33(41)30-19-29(30)22-8-5-4-6-9-22/h4-12,15,18,26,29-30H,13-14,16-17,19-21H2,1-3H3,(H,36,41)(H,37,40)(H,38,42)/t29-,30+/m0/s1. The Balaban J connectivity index is 1.25. The number of urea groups is 1. The fourth-order valence-corrected chi connectivity index (χ4v) is 5.94. The molecule has 0 saturated heterocycles. The third kappa shape index (κ3) is 6.35. The van der Waals surface area contributed by atoms with Crippen molar-refractivity contribution in [2.75, 3.05) is 6.54 Å². The normalized spacial score (nSPS) is 19.5. The summed E-state index contributed by atoms with van der Waals surface area (Å²) in [6, 6.07) is 22.4. The number of carbonyl (C=O) groups excluding carboxylic acids is 3. The highest BCUT2D eigenvalue weighted by atomic mass is 16.2. The van der Waals surface area contributed by atoms with Crippen LogP contribution in [0, 0.1) is 5.92 Å². The van der Waals surface area contributed by atoms with Gasteiger partial charge in [-0.3, -0.25) is 9.59 Å². The molecule has 7 heteroatoms. The molecule has 3 aliphatic rings. The van der Waals surface area contributed by atoms with Crippen molar-refractivity contribution in [3.8, 4) is 11.1 Å². The molecule has 3 N–H and O–H groups in total. The molecule has 218 valence electrons. The van der Waals surface area contributed by atoms with Crippen LogP contribution in [0.15, 0.2) is 66.7 Å². The minimum absolute atomic E-state index is 0.00101. The van der Waals surface area contributed by atoms with Crippen molar-refractivity contribution in [3.05, 3.63) is 94.5 Å². The van der Waals surface area contributed by atoms with Crippen molar-refractivity contribution < 1.29 is 14.4 Å². The summed E-state index contributed by atoms with van der Waals surface area (Å²) >= 11 is 0. The summed E-state index contributed by atoms with van der Waals surface area (Å²) in [7, 11) is 0. The van der Waals surface area contributed by atoms with Crippen LogP contribution < -0.4 is 16.0 Å². The molecule has 3 aromatic carbocycles. The summed E-state index contributed by atoms with van der Waals surface area (Å²) in [6.07, 6.45) is 3.66. The zero-order valence-corrected chi connectivity index (χ0v) is 24.7. The fourth-order valence-electron chi connectivity index (χ4n) is 5.94. The molecular formula is C35H40N4O3. The molecule has 0 bridgehead atoms. The fraction of sp³-hybridized carbons (Fsp3) is 0.400. The van der Waals surface area contributed by atoms with E-state index in [4.69, 9.17) is 0 Å². The zero-order valence-electron chi connectivity index (χ0n) is 24.7. The monoisotopic (exact) mass is 564 g/mol. The number of hydrogen-bond donors (Lipinski definition) is 3. The molecular weight excluding hydrogens is 524 g/mol. The first kappa shape index (κ1) is 28.0. The Morgan fingerprint density at radius 2 is 1.71 bits per heavy atom. The molecule has 2 atom stereocenters. The topological polar surface area (TPSA) is 90.5 Å². The third-order valence-corrected chi connectivity index (χ3v) is 8.43. The van der Waals surface area contributed by atoms with Crippen LogP contribution in [-0.4, -0.2) is 40.9 Å². The number of nitrogens with one attached hydrogen (secondary N) is 3. The molecule has 3 aromatic rings. The lowest BCUT2D eigenvalue weighted by Crippen LogP contribution is -2.50. The van der Waals surface area contributed by atoms with Crippen LogP contribution in [0.5, 0.6) is 0 Å². The molecule has 6 rings (SSSR count). The van der Waals surface area contributed by atoms with Crippen molar-refractivity contribution in [2.45, 2.75) is 77.0 Å². The molecule has 0 spiro atoms. The Kier molecular flexibility index (Phi) is 7.52. The van der Waals surface area contributed by atoms with Crippen molar-refractivity contribution >= 4 is 17.8 Å². The van der Waals surface area contributed by atoms with Crippen molar-refractivity contribution in [1.29, 1.82) is 0 Å². The molecule has 2 aliphatic carbocycles. The van der Waals surface area contributed by atoms with Gasteiger partial charge in [-0.15, -0.1) is 0 Å². The van der Waals surface area contributed by atoms with Crippen LogP contribution in [0.4, 0.5) is 4.79 Å². The minimum Gasteiger partial charge on any atom is -0.352 e. The van der Waals surface area contributed by atoms with Gasteiger partial charge in [0.15, 0.2) is 0 Å². The quantitative estimate of drug-likeness (QED) is 0.352. The summed E-state index contributed by atoms with van der Waals surface area (Å²) in [5.41, 5.74) is 6.87. The first-order chi connectivity index (χ1) is 20.2. The van der Waals surface area contributed by atoms with E-state index in [2.05, 4.69) is 40.2 Å². The summed E-state index contributed by atoms with van der Waals surface area (Å²) in [4.78, 5) is 40.9. The molecule has 42 heavy (non-hydrogen) atoms. The number of rotatable bonds is 7. The van der Waals surface area contributed by atoms with Gasteiger partial charge < -0.3 is 20.9 Å². The Hall–Kier alpha value is -4.13. The van der Waals surface area contributed by atoms with Gasteiger partial charge in [-0.2, -0.15) is 0 Å². The highest BCUT2D eigenvalue weighted by Crippen LogP contribution is 2.47. The maximum Gasteiger partial charge on any atom is 0.318 e. The number of benzene rings is 3. The minimum atomic E-state index is -0.336. The van der Waals surface area contributed by atoms with Gasteiger partial charge in [0.25, 0.3) is 5.91 Å². The van der Waals surface area contributed by atoms with Crippen LogP contribution in [0.25, 0.3) is 11.1 Å². The molecule has 4 amide bonds. The largest absolute Gasteiger partial charge is 0.352 e. The highest BCUT2D eigenvalue weighted by Gasteiger charge is 2.43. The zero-order chi connectivity index (χ0) is 29.4. The van der Waals surface area contributed by atoms with Gasteiger partial charge in [-0.25, -0.2) is 4.79 Å². The van der Waals surface area contributed by atoms with Gasteiger partial charge in [0, 0.05) is 42.7 Å². The molecule has 0 aromatic heterocycles. The summed E-state index contributed by atoms with van der Waals surface area (Å²) < 4.78 is 0. The van der Waals surface area contributed by atoms with E-state index in [1.54, 1.807) is 0 Å². The second-order valence-corrected chi connectivity index (χ2v) is 13.0. The summed E-state index contributed by atoms with van der Waals surface area (Å²) in [6.45, 7) is 7.42. The van der Waals surface area contributed by atoms with Gasteiger partial charge in [0.2, 0.25) is 5.91 Å². The van der Waals surface area contributed by atoms with E-state index in [1.807, 2.05) is 68.1 Å². The van der Waals surface area contributed by atoms with E-state index in [-0.39, 0.29) is 35.2 Å². The van der Waals surface area contributed by atoms with Crippen molar-refractivity contribution in [1.82, 2.24) is 20.9 Å². The van der Waals surface area contributed by atoms with E-state index in [0.717, 1.165) is 41.5 Å². The molecule has 1 aliphatic heterocycles. The molecule has 2 saturated carbocycles. The number of carbonyl (C=O) groups is 3. The van der Waals surface area contributed by atoms with Crippen LogP contribution >= 0.6 is 0 Å². The van der Waals surface area contributed by atoms with Gasteiger partial charge in [0.1, 0.15) is 0 Å². The Bertz CT molecular complexity index is 1510. The van der Waals surface area contributed by atoms with Gasteiger partial charge in [-0.05, 0) is 97.9 Å². The highest BCUT2D eigenvalue weighted by molar-refractivity contribution is 5.96. The molecule has 1 heterocycles. The first-order valence-corrected chi connectivity index (χ1v) is 15.1. The average Bonchev–Trinajstić information content (AvgIpc) is 3.91. The van der Waals surface area contributed by atoms with E-state index in [9.17, 15) is 14.4 Å². The summed E-state index contributed by atoms with van der Waals surface area (Å²) in [5, 5.41) is 9.36. The molecule has 7 nitrogen and oxygen atoms in total. The number of fused-ring (bicyclic) bond motifs is 1. The third-order valence-electron chi connectivity index (χ3n) is 8.43. The lowest BCUT2D eigenvalue weighted by molar-refractivity contribution is -0.122. The van der Waals surface area contributed by atoms with E-state index in [1.165, 1.54) is 11.1 Å². The van der Waals surface area contributed by atoms with Gasteiger partial charge >= 0.3 is 6.03 Å². The number of amides is 4. The lowest BCUT2D eigenvalue weighted by atomic mass is 9.87. The van der Waals surface area contributed by atoms with E-state index in [0.29, 0.717) is 37.7 Å². The van der Waals surface area contributed by atoms with E-state index < -0.39 is 0 Å². The van der Waals surface area contributed by atoms with Gasteiger partial charge in [0.05, 0.1) is 0 Å². The molecule has 0 unspecified atom stereocenters. The Labute approximate surface area is 248 Å². The Morgan fingerprint density at radius 3 is 2.45 bits per heavy atom. The van der Waals surface area contributed by atoms with Crippen LogP contribution in [-0.2, 0) is 24.3 Å². The van der Waals surface area contributed by atoms with Crippen LogP contribution in [0.2, 0.25) is 0 Å². The molecule has 2 fully saturated rings. The van der Waals surface area contributed by atoms with Crippen molar-refractivity contribution in [3.63, 3.8) is 0 Å². The number of nitrogens with zero attached hydrogens (tertiary/aromatic N) is 1.